The van der Waals surface area contributed by atoms with Crippen LogP contribution in [0.1, 0.15) is 28.0 Å². The maximum Gasteiger partial charge on any atom is 0.275 e. The normalized spacial score (nSPS) is 10.6. The van der Waals surface area contributed by atoms with E-state index in [9.17, 15) is 10.0 Å². The topological polar surface area (TPSA) is 95.3 Å². The second-order valence-electron chi connectivity index (χ2n) is 7.39. The van der Waals surface area contributed by atoms with Crippen molar-refractivity contribution in [2.75, 3.05) is 6.61 Å². The molecule has 0 atom stereocenters. The van der Waals surface area contributed by atoms with Crippen LogP contribution in [0.4, 0.5) is 0 Å². The lowest BCUT2D eigenvalue weighted by Crippen LogP contribution is -2.19. The smallest absolute Gasteiger partial charge is 0.275 e. The summed E-state index contributed by atoms with van der Waals surface area (Å²) in [6.07, 6.45) is 3.28. The molecule has 0 fully saturated rings. The summed E-state index contributed by atoms with van der Waals surface area (Å²) in [7, 11) is 0. The number of aliphatic hydroxyl groups excluding tert-OH is 1. The first-order chi connectivity index (χ1) is 15.1. The van der Waals surface area contributed by atoms with Gasteiger partial charge in [-0.2, -0.15) is 0 Å². The number of hydroxylamine groups is 1. The first-order valence-electron chi connectivity index (χ1n) is 10.1. The largest absolute Gasteiger partial charge is 0.396 e. The molecule has 0 saturated carbocycles. The van der Waals surface area contributed by atoms with E-state index in [2.05, 4.69) is 29.2 Å². The highest BCUT2D eigenvalue weighted by Crippen LogP contribution is 2.28. The van der Waals surface area contributed by atoms with Crippen molar-refractivity contribution in [1.82, 2.24) is 15.4 Å². The minimum atomic E-state index is -0.595. The predicted octanol–water partition coefficient (Wildman–Crippen LogP) is 4.74. The van der Waals surface area contributed by atoms with Crippen LogP contribution in [-0.4, -0.2) is 32.8 Å². The molecule has 3 N–H and O–H groups in total. The van der Waals surface area contributed by atoms with Crippen molar-refractivity contribution in [3.63, 3.8) is 0 Å². The van der Waals surface area contributed by atoms with Gasteiger partial charge in [0.25, 0.3) is 5.91 Å². The molecule has 0 radical (unpaired) electrons. The Bertz CT molecular complexity index is 1230. The molecule has 0 aliphatic heterocycles. The number of nitrogens with one attached hydrogen (secondary N) is 1. The number of rotatable bonds is 6. The summed E-state index contributed by atoms with van der Waals surface area (Å²) in [5.41, 5.74) is 8.26. The highest BCUT2D eigenvalue weighted by atomic mass is 35.5. The third kappa shape index (κ3) is 4.78. The summed E-state index contributed by atoms with van der Waals surface area (Å²) in [6.45, 7) is 2.01. The lowest BCUT2D eigenvalue weighted by atomic mass is 9.99. The number of aromatic nitrogens is 2. The lowest BCUT2D eigenvalue weighted by Gasteiger charge is -2.11. The SMILES string of the molecule is Cc1nccc2nc(-c3ccc(-c4ccc(CCCO)cc4)cc3)cc(C(=O)NO)c12.Cl. The minimum absolute atomic E-state index is 0. The van der Waals surface area contributed by atoms with Crippen LogP contribution < -0.4 is 5.48 Å². The number of benzene rings is 2. The highest BCUT2D eigenvalue weighted by Gasteiger charge is 2.16. The summed E-state index contributed by atoms with van der Waals surface area (Å²) < 4.78 is 0. The fraction of sp³-hybridized carbons (Fsp3) is 0.160. The van der Waals surface area contributed by atoms with E-state index in [1.807, 2.05) is 31.2 Å². The zero-order valence-electron chi connectivity index (χ0n) is 17.6. The minimum Gasteiger partial charge on any atom is -0.396 e. The third-order valence-corrected chi connectivity index (χ3v) is 5.35. The summed E-state index contributed by atoms with van der Waals surface area (Å²) in [5.74, 6) is -0.595. The zero-order valence-corrected chi connectivity index (χ0v) is 18.4. The van der Waals surface area contributed by atoms with Gasteiger partial charge in [0.1, 0.15) is 0 Å². The van der Waals surface area contributed by atoms with Gasteiger partial charge in [-0.05, 0) is 48.6 Å². The number of aryl methyl sites for hydroxylation is 2. The van der Waals surface area contributed by atoms with Crippen LogP contribution in [-0.2, 0) is 6.42 Å². The van der Waals surface area contributed by atoms with Gasteiger partial charge in [-0.3, -0.25) is 15.0 Å². The molecule has 6 nitrogen and oxygen atoms in total. The number of hydrogen-bond donors (Lipinski definition) is 3. The average molecular weight is 450 g/mol. The number of halogens is 1. The fourth-order valence-electron chi connectivity index (χ4n) is 3.72. The quantitative estimate of drug-likeness (QED) is 0.292. The first-order valence-corrected chi connectivity index (χ1v) is 10.1. The molecule has 0 unspecified atom stereocenters. The second kappa shape index (κ2) is 10.3. The summed E-state index contributed by atoms with van der Waals surface area (Å²) in [4.78, 5) is 21.2. The van der Waals surface area contributed by atoms with Crippen molar-refractivity contribution in [2.24, 2.45) is 0 Å². The molecule has 4 rings (SSSR count). The van der Waals surface area contributed by atoms with Crippen molar-refractivity contribution in [1.29, 1.82) is 0 Å². The Labute approximate surface area is 192 Å². The number of carbonyl (C=O) groups excluding carboxylic acids is 1. The lowest BCUT2D eigenvalue weighted by molar-refractivity contribution is 0.0708. The number of nitrogens with zero attached hydrogens (tertiary/aromatic N) is 2. The average Bonchev–Trinajstić information content (AvgIpc) is 2.82. The maximum atomic E-state index is 12.3. The molecular formula is C25H24ClN3O3. The van der Waals surface area contributed by atoms with Crippen molar-refractivity contribution in [2.45, 2.75) is 19.8 Å². The fourth-order valence-corrected chi connectivity index (χ4v) is 3.72. The molecule has 1 amide bonds. The van der Waals surface area contributed by atoms with Gasteiger partial charge in [0.15, 0.2) is 0 Å². The number of fused-ring (bicyclic) bond motifs is 1. The van der Waals surface area contributed by atoms with E-state index in [0.717, 1.165) is 29.5 Å². The van der Waals surface area contributed by atoms with Gasteiger partial charge in [-0.15, -0.1) is 12.4 Å². The number of aliphatic hydroxyl groups is 1. The van der Waals surface area contributed by atoms with Crippen molar-refractivity contribution in [3.05, 3.63) is 83.7 Å². The molecule has 7 heteroatoms. The Hall–Kier alpha value is -3.32. The van der Waals surface area contributed by atoms with Gasteiger partial charge < -0.3 is 5.11 Å². The zero-order chi connectivity index (χ0) is 21.8. The molecule has 0 saturated heterocycles. The van der Waals surface area contributed by atoms with E-state index in [1.165, 1.54) is 5.56 Å². The van der Waals surface area contributed by atoms with Gasteiger partial charge in [0.2, 0.25) is 0 Å². The second-order valence-corrected chi connectivity index (χ2v) is 7.39. The molecule has 4 aromatic rings. The van der Waals surface area contributed by atoms with Crippen molar-refractivity contribution < 1.29 is 15.1 Å². The Kier molecular flexibility index (Phi) is 7.53. The number of hydrogen-bond acceptors (Lipinski definition) is 5. The molecular weight excluding hydrogens is 426 g/mol. The highest BCUT2D eigenvalue weighted by molar-refractivity contribution is 6.07. The van der Waals surface area contributed by atoms with Gasteiger partial charge in [0, 0.05) is 29.4 Å². The summed E-state index contributed by atoms with van der Waals surface area (Å²) in [5, 5.41) is 18.8. The van der Waals surface area contributed by atoms with Crippen LogP contribution in [0.2, 0.25) is 0 Å². The summed E-state index contributed by atoms with van der Waals surface area (Å²) >= 11 is 0. The molecule has 32 heavy (non-hydrogen) atoms. The van der Waals surface area contributed by atoms with E-state index >= 15 is 0 Å². The van der Waals surface area contributed by atoms with Crippen molar-refractivity contribution >= 4 is 29.2 Å². The van der Waals surface area contributed by atoms with Gasteiger partial charge in [-0.1, -0.05) is 48.5 Å². The van der Waals surface area contributed by atoms with E-state index in [0.29, 0.717) is 27.9 Å². The van der Waals surface area contributed by atoms with Crippen LogP contribution in [0, 0.1) is 6.92 Å². The molecule has 164 valence electrons. The molecule has 2 aromatic heterocycles. The van der Waals surface area contributed by atoms with Crippen LogP contribution >= 0.6 is 12.4 Å². The van der Waals surface area contributed by atoms with Gasteiger partial charge in [-0.25, -0.2) is 10.5 Å². The Morgan fingerprint density at radius 2 is 1.59 bits per heavy atom. The standard InChI is InChI=1S/C25H23N3O3.ClH/c1-16-24-21(25(30)28-31)15-23(27-22(24)12-13-26-16)20-10-8-19(9-11-20)18-6-4-17(5-7-18)3-2-14-29;/h4-13,15,29,31H,2-3,14H2,1H3,(H,28,30);1H. The van der Waals surface area contributed by atoms with E-state index in [-0.39, 0.29) is 19.0 Å². The van der Waals surface area contributed by atoms with E-state index < -0.39 is 5.91 Å². The number of carbonyl (C=O) groups is 1. The van der Waals surface area contributed by atoms with Gasteiger partial charge >= 0.3 is 0 Å². The van der Waals surface area contributed by atoms with Gasteiger partial charge in [0.05, 0.1) is 16.8 Å². The molecule has 0 aliphatic carbocycles. The number of amides is 1. The molecule has 0 bridgehead atoms. The first kappa shape index (κ1) is 23.3. The van der Waals surface area contributed by atoms with Crippen LogP contribution in [0.15, 0.2) is 66.9 Å². The molecule has 2 aromatic carbocycles. The maximum absolute atomic E-state index is 12.3. The number of pyridine rings is 2. The van der Waals surface area contributed by atoms with Crippen molar-refractivity contribution in [3.8, 4) is 22.4 Å². The van der Waals surface area contributed by atoms with E-state index in [1.54, 1.807) is 23.8 Å². The third-order valence-electron chi connectivity index (χ3n) is 5.35. The molecule has 2 heterocycles. The van der Waals surface area contributed by atoms with Crippen LogP contribution in [0.5, 0.6) is 0 Å². The Morgan fingerprint density at radius 1 is 0.969 bits per heavy atom. The van der Waals surface area contributed by atoms with Crippen LogP contribution in [0.3, 0.4) is 0 Å². The predicted molar refractivity (Wildman–Crippen MR) is 127 cm³/mol. The van der Waals surface area contributed by atoms with Crippen LogP contribution in [0.25, 0.3) is 33.3 Å². The molecule has 0 aliphatic rings. The molecule has 0 spiro atoms. The monoisotopic (exact) mass is 449 g/mol. The Balaban J connectivity index is 0.00000289. The summed E-state index contributed by atoms with van der Waals surface area (Å²) in [6, 6.07) is 19.7. The van der Waals surface area contributed by atoms with E-state index in [4.69, 9.17) is 10.1 Å². The Morgan fingerprint density at radius 3 is 2.22 bits per heavy atom.